The number of sulfonamides is 1. The van der Waals surface area contributed by atoms with Crippen molar-refractivity contribution in [3.8, 4) is 11.5 Å². The SMILES string of the molecule is C[C@@H](NS(=O)(=O)c1ccc2c(c1)OCCO2)c1cccc(Cl)c1. The maximum absolute atomic E-state index is 12.5. The Morgan fingerprint density at radius 3 is 2.57 bits per heavy atom. The first-order valence-electron chi connectivity index (χ1n) is 7.13. The van der Waals surface area contributed by atoms with Crippen LogP contribution in [0.5, 0.6) is 11.5 Å². The molecule has 3 rings (SSSR count). The Morgan fingerprint density at radius 1 is 1.09 bits per heavy atom. The smallest absolute Gasteiger partial charge is 0.241 e. The van der Waals surface area contributed by atoms with E-state index in [-0.39, 0.29) is 4.90 Å². The maximum atomic E-state index is 12.5. The minimum Gasteiger partial charge on any atom is -0.486 e. The lowest BCUT2D eigenvalue weighted by Gasteiger charge is -2.20. The van der Waals surface area contributed by atoms with Crippen LogP contribution in [-0.2, 0) is 10.0 Å². The fourth-order valence-electron chi connectivity index (χ4n) is 2.34. The molecule has 1 aliphatic rings. The standard InChI is InChI=1S/C16H16ClNO4S/c1-11(12-3-2-4-13(17)9-12)18-23(19,20)14-5-6-15-16(10-14)22-8-7-21-15/h2-6,9-11,18H,7-8H2,1H3/t11-/m1/s1. The van der Waals surface area contributed by atoms with Crippen LogP contribution >= 0.6 is 11.6 Å². The summed E-state index contributed by atoms with van der Waals surface area (Å²) in [7, 11) is -3.68. The summed E-state index contributed by atoms with van der Waals surface area (Å²) in [4.78, 5) is 0.135. The first kappa shape index (κ1) is 16.1. The molecule has 0 radical (unpaired) electrons. The highest BCUT2D eigenvalue weighted by atomic mass is 35.5. The van der Waals surface area contributed by atoms with E-state index in [9.17, 15) is 8.42 Å². The predicted octanol–water partition coefficient (Wildman–Crippen LogP) is 3.15. The van der Waals surface area contributed by atoms with E-state index in [1.807, 2.05) is 6.07 Å². The van der Waals surface area contributed by atoms with Gasteiger partial charge in [0.1, 0.15) is 13.2 Å². The largest absolute Gasteiger partial charge is 0.486 e. The van der Waals surface area contributed by atoms with Crippen molar-refractivity contribution >= 4 is 21.6 Å². The van der Waals surface area contributed by atoms with Crippen molar-refractivity contribution in [3.05, 3.63) is 53.1 Å². The molecule has 23 heavy (non-hydrogen) atoms. The molecule has 0 aliphatic carbocycles. The Hall–Kier alpha value is -1.76. The molecular formula is C16H16ClNO4S. The van der Waals surface area contributed by atoms with E-state index < -0.39 is 16.1 Å². The highest BCUT2D eigenvalue weighted by Gasteiger charge is 2.21. The summed E-state index contributed by atoms with van der Waals surface area (Å²) in [5.74, 6) is 0.993. The molecule has 0 spiro atoms. The van der Waals surface area contributed by atoms with Gasteiger partial charge in [0.05, 0.1) is 4.90 Å². The number of fused-ring (bicyclic) bond motifs is 1. The average Bonchev–Trinajstić information content (AvgIpc) is 2.54. The van der Waals surface area contributed by atoms with Crippen molar-refractivity contribution in [1.82, 2.24) is 4.72 Å². The highest BCUT2D eigenvalue weighted by molar-refractivity contribution is 7.89. The monoisotopic (exact) mass is 353 g/mol. The van der Waals surface area contributed by atoms with E-state index in [0.29, 0.717) is 29.7 Å². The number of ether oxygens (including phenoxy) is 2. The van der Waals surface area contributed by atoms with Gasteiger partial charge in [0, 0.05) is 17.1 Å². The maximum Gasteiger partial charge on any atom is 0.241 e. The second-order valence-electron chi connectivity index (χ2n) is 5.20. The van der Waals surface area contributed by atoms with Gasteiger partial charge in [-0.3, -0.25) is 0 Å². The molecule has 2 aromatic rings. The van der Waals surface area contributed by atoms with Gasteiger partial charge in [-0.05, 0) is 36.8 Å². The van der Waals surface area contributed by atoms with Gasteiger partial charge < -0.3 is 9.47 Å². The molecule has 1 atom stereocenters. The summed E-state index contributed by atoms with van der Waals surface area (Å²) in [5, 5.41) is 0.563. The molecule has 5 nitrogen and oxygen atoms in total. The van der Waals surface area contributed by atoms with Crippen LogP contribution in [0.1, 0.15) is 18.5 Å². The first-order valence-corrected chi connectivity index (χ1v) is 8.99. The normalized spacial score (nSPS) is 15.2. The Kier molecular flexibility index (Phi) is 4.48. The van der Waals surface area contributed by atoms with Crippen molar-refractivity contribution in [2.24, 2.45) is 0 Å². The predicted molar refractivity (Wildman–Crippen MR) is 87.6 cm³/mol. The van der Waals surface area contributed by atoms with Crippen LogP contribution in [-0.4, -0.2) is 21.6 Å². The number of rotatable bonds is 4. The van der Waals surface area contributed by atoms with Crippen LogP contribution in [0.3, 0.4) is 0 Å². The summed E-state index contributed by atoms with van der Waals surface area (Å²) >= 11 is 5.95. The quantitative estimate of drug-likeness (QED) is 0.917. The zero-order valence-electron chi connectivity index (χ0n) is 12.5. The number of nitrogens with one attached hydrogen (secondary N) is 1. The van der Waals surface area contributed by atoms with Gasteiger partial charge >= 0.3 is 0 Å². The second kappa shape index (κ2) is 6.39. The summed E-state index contributed by atoms with van der Waals surface area (Å²) in [5.41, 5.74) is 0.790. The minimum absolute atomic E-state index is 0.135. The molecule has 0 fully saturated rings. The lowest BCUT2D eigenvalue weighted by atomic mass is 10.1. The molecule has 7 heteroatoms. The lowest BCUT2D eigenvalue weighted by Crippen LogP contribution is -2.27. The molecule has 122 valence electrons. The molecular weight excluding hydrogens is 338 g/mol. The molecule has 0 amide bonds. The van der Waals surface area contributed by atoms with Crippen molar-refractivity contribution in [2.75, 3.05) is 13.2 Å². The van der Waals surface area contributed by atoms with Gasteiger partial charge in [0.15, 0.2) is 11.5 Å². The van der Waals surface area contributed by atoms with Crippen LogP contribution in [0, 0.1) is 0 Å². The number of benzene rings is 2. The molecule has 0 aromatic heterocycles. The van der Waals surface area contributed by atoms with Gasteiger partial charge in [0.25, 0.3) is 0 Å². The Labute approximate surface area is 140 Å². The van der Waals surface area contributed by atoms with Gasteiger partial charge in [0.2, 0.25) is 10.0 Å². The highest BCUT2D eigenvalue weighted by Crippen LogP contribution is 2.32. The molecule has 0 unspecified atom stereocenters. The van der Waals surface area contributed by atoms with Crippen LogP contribution in [0.4, 0.5) is 0 Å². The molecule has 2 aromatic carbocycles. The van der Waals surface area contributed by atoms with E-state index in [1.54, 1.807) is 31.2 Å². The topological polar surface area (TPSA) is 64.6 Å². The van der Waals surface area contributed by atoms with Crippen molar-refractivity contribution in [2.45, 2.75) is 17.9 Å². The van der Waals surface area contributed by atoms with E-state index in [0.717, 1.165) is 5.56 Å². The van der Waals surface area contributed by atoms with Crippen LogP contribution in [0.25, 0.3) is 0 Å². The molecule has 1 N–H and O–H groups in total. The van der Waals surface area contributed by atoms with Crippen molar-refractivity contribution in [1.29, 1.82) is 0 Å². The Bertz CT molecular complexity index is 823. The van der Waals surface area contributed by atoms with Crippen LogP contribution < -0.4 is 14.2 Å². The van der Waals surface area contributed by atoms with E-state index in [4.69, 9.17) is 21.1 Å². The summed E-state index contributed by atoms with van der Waals surface area (Å²) in [6.45, 7) is 2.63. The van der Waals surface area contributed by atoms with Crippen LogP contribution in [0.2, 0.25) is 5.02 Å². The molecule has 0 bridgehead atoms. The average molecular weight is 354 g/mol. The van der Waals surface area contributed by atoms with E-state index >= 15 is 0 Å². The number of hydrogen-bond donors (Lipinski definition) is 1. The zero-order chi connectivity index (χ0) is 16.4. The molecule has 1 aliphatic heterocycles. The Balaban J connectivity index is 1.84. The van der Waals surface area contributed by atoms with E-state index in [2.05, 4.69) is 4.72 Å². The van der Waals surface area contributed by atoms with Gasteiger partial charge in [-0.2, -0.15) is 0 Å². The van der Waals surface area contributed by atoms with Crippen molar-refractivity contribution in [3.63, 3.8) is 0 Å². The molecule has 0 saturated heterocycles. The first-order chi connectivity index (χ1) is 11.0. The Morgan fingerprint density at radius 2 is 1.83 bits per heavy atom. The summed E-state index contributed by atoms with van der Waals surface area (Å²) in [6.07, 6.45) is 0. The third-order valence-electron chi connectivity index (χ3n) is 3.50. The molecule has 0 saturated carbocycles. The van der Waals surface area contributed by atoms with Crippen LogP contribution in [0.15, 0.2) is 47.4 Å². The fraction of sp³-hybridized carbons (Fsp3) is 0.250. The van der Waals surface area contributed by atoms with E-state index in [1.165, 1.54) is 12.1 Å². The summed E-state index contributed by atoms with van der Waals surface area (Å²) in [6, 6.07) is 11.3. The minimum atomic E-state index is -3.68. The van der Waals surface area contributed by atoms with Gasteiger partial charge in [-0.1, -0.05) is 23.7 Å². The van der Waals surface area contributed by atoms with Gasteiger partial charge in [-0.15, -0.1) is 0 Å². The van der Waals surface area contributed by atoms with Gasteiger partial charge in [-0.25, -0.2) is 13.1 Å². The van der Waals surface area contributed by atoms with Crippen molar-refractivity contribution < 1.29 is 17.9 Å². The fourth-order valence-corrected chi connectivity index (χ4v) is 3.78. The third-order valence-corrected chi connectivity index (χ3v) is 5.28. The zero-order valence-corrected chi connectivity index (χ0v) is 14.0. The molecule has 1 heterocycles. The lowest BCUT2D eigenvalue weighted by molar-refractivity contribution is 0.171. The number of halogens is 1. The second-order valence-corrected chi connectivity index (χ2v) is 7.35. The third kappa shape index (κ3) is 3.60. The summed E-state index contributed by atoms with van der Waals surface area (Å²) < 4.78 is 38.6. The number of hydrogen-bond acceptors (Lipinski definition) is 4.